The largest absolute Gasteiger partial charge is 0.481 e. The molecule has 1 fully saturated rings. The van der Waals surface area contributed by atoms with Gasteiger partial charge in [0.25, 0.3) is 0 Å². The van der Waals surface area contributed by atoms with Crippen molar-refractivity contribution in [3.63, 3.8) is 0 Å². The normalized spacial score (nSPS) is 26.0. The van der Waals surface area contributed by atoms with Crippen LogP contribution in [0.15, 0.2) is 0 Å². The van der Waals surface area contributed by atoms with Gasteiger partial charge in [-0.25, -0.2) is 0 Å². The van der Waals surface area contributed by atoms with Crippen molar-refractivity contribution in [3.8, 4) is 0 Å². The van der Waals surface area contributed by atoms with Crippen molar-refractivity contribution in [2.45, 2.75) is 84.0 Å². The van der Waals surface area contributed by atoms with Crippen molar-refractivity contribution in [1.82, 2.24) is 5.32 Å². The number of hydrogen-bond donors (Lipinski definition) is 4. The zero-order chi connectivity index (χ0) is 18.7. The molecule has 0 aromatic heterocycles. The molecule has 0 spiro atoms. The molecular weight excluding hydrogens is 308 g/mol. The SMILES string of the molecule is CC(C)(C)C1CCCC1C(N[C@@H](C=O)CC(=O)O)C(O)C(C)(C)N. The molecule has 5 atom stereocenters. The first-order chi connectivity index (χ1) is 10.9. The van der Waals surface area contributed by atoms with Crippen LogP contribution in [0.2, 0.25) is 0 Å². The third-order valence-corrected chi connectivity index (χ3v) is 5.21. The zero-order valence-corrected chi connectivity index (χ0v) is 15.6. The highest BCUT2D eigenvalue weighted by Crippen LogP contribution is 2.46. The smallest absolute Gasteiger partial charge is 0.305 e. The predicted molar refractivity (Wildman–Crippen MR) is 93.6 cm³/mol. The summed E-state index contributed by atoms with van der Waals surface area (Å²) in [5.41, 5.74) is 5.35. The second-order valence-electron chi connectivity index (χ2n) is 8.87. The number of carboxylic acid groups (broad SMARTS) is 1. The Morgan fingerprint density at radius 2 is 1.88 bits per heavy atom. The van der Waals surface area contributed by atoms with Crippen LogP contribution < -0.4 is 11.1 Å². The Morgan fingerprint density at radius 3 is 2.29 bits per heavy atom. The van der Waals surface area contributed by atoms with E-state index in [0.29, 0.717) is 12.2 Å². The Bertz CT molecular complexity index is 439. The lowest BCUT2D eigenvalue weighted by Crippen LogP contribution is -2.61. The van der Waals surface area contributed by atoms with Gasteiger partial charge in [0.15, 0.2) is 0 Å². The molecule has 0 aromatic rings. The molecule has 0 aromatic carbocycles. The molecule has 24 heavy (non-hydrogen) atoms. The van der Waals surface area contributed by atoms with E-state index in [1.807, 2.05) is 0 Å². The zero-order valence-electron chi connectivity index (χ0n) is 15.6. The van der Waals surface area contributed by atoms with Crippen LogP contribution in [0.4, 0.5) is 0 Å². The Hall–Kier alpha value is -0.980. The van der Waals surface area contributed by atoms with Crippen LogP contribution in [-0.2, 0) is 9.59 Å². The molecule has 5 N–H and O–H groups in total. The van der Waals surface area contributed by atoms with Crippen LogP contribution in [0.3, 0.4) is 0 Å². The number of aldehydes is 1. The van der Waals surface area contributed by atoms with E-state index in [1.54, 1.807) is 13.8 Å². The summed E-state index contributed by atoms with van der Waals surface area (Å²) in [5, 5.41) is 22.9. The molecule has 0 amide bonds. The number of aliphatic carboxylic acids is 1. The molecule has 1 rings (SSSR count). The van der Waals surface area contributed by atoms with E-state index in [0.717, 1.165) is 19.3 Å². The van der Waals surface area contributed by atoms with Gasteiger partial charge in [0.2, 0.25) is 0 Å². The van der Waals surface area contributed by atoms with Crippen LogP contribution >= 0.6 is 0 Å². The van der Waals surface area contributed by atoms with E-state index in [-0.39, 0.29) is 17.8 Å². The van der Waals surface area contributed by atoms with Gasteiger partial charge in [0.05, 0.1) is 18.6 Å². The number of nitrogens with two attached hydrogens (primary N) is 1. The molecule has 0 heterocycles. The van der Waals surface area contributed by atoms with Gasteiger partial charge in [-0.05, 0) is 43.9 Å². The molecule has 0 bridgehead atoms. The Balaban J connectivity index is 3.09. The maximum absolute atomic E-state index is 11.3. The van der Waals surface area contributed by atoms with Gasteiger partial charge in [-0.15, -0.1) is 0 Å². The van der Waals surface area contributed by atoms with Crippen molar-refractivity contribution in [2.24, 2.45) is 23.0 Å². The fraction of sp³-hybridized carbons (Fsp3) is 0.889. The molecule has 0 saturated heterocycles. The minimum Gasteiger partial charge on any atom is -0.481 e. The highest BCUT2D eigenvalue weighted by atomic mass is 16.4. The highest BCUT2D eigenvalue weighted by molar-refractivity contribution is 5.73. The lowest BCUT2D eigenvalue weighted by molar-refractivity contribution is -0.138. The quantitative estimate of drug-likeness (QED) is 0.498. The summed E-state index contributed by atoms with van der Waals surface area (Å²) in [6.07, 6.45) is 2.50. The Morgan fingerprint density at radius 1 is 1.29 bits per heavy atom. The van der Waals surface area contributed by atoms with Crippen molar-refractivity contribution in [2.75, 3.05) is 0 Å². The van der Waals surface area contributed by atoms with Crippen LogP contribution in [0.25, 0.3) is 0 Å². The standard InChI is InChI=1S/C18H34N2O4/c1-17(2,3)13-8-6-7-12(13)15(16(24)18(4,5)19)20-11(10-21)9-14(22)23/h10-13,15-16,20,24H,6-9,19H2,1-5H3,(H,22,23)/t11-,12?,13?,15?,16?/m1/s1. The van der Waals surface area contributed by atoms with E-state index in [9.17, 15) is 14.7 Å². The average molecular weight is 342 g/mol. The molecule has 0 radical (unpaired) electrons. The van der Waals surface area contributed by atoms with Gasteiger partial charge in [-0.2, -0.15) is 0 Å². The van der Waals surface area contributed by atoms with Crippen LogP contribution in [0.5, 0.6) is 0 Å². The van der Waals surface area contributed by atoms with E-state index >= 15 is 0 Å². The molecule has 6 heteroatoms. The average Bonchev–Trinajstić information content (AvgIpc) is 2.90. The summed E-state index contributed by atoms with van der Waals surface area (Å²) in [6.45, 7) is 10.0. The second-order valence-corrected chi connectivity index (χ2v) is 8.87. The molecule has 4 unspecified atom stereocenters. The lowest BCUT2D eigenvalue weighted by atomic mass is 9.70. The number of hydrogen-bond acceptors (Lipinski definition) is 5. The summed E-state index contributed by atoms with van der Waals surface area (Å²) in [7, 11) is 0. The third-order valence-electron chi connectivity index (χ3n) is 5.21. The fourth-order valence-electron chi connectivity index (χ4n) is 3.99. The number of aliphatic hydroxyl groups excluding tert-OH is 1. The molecule has 1 saturated carbocycles. The molecule has 6 nitrogen and oxygen atoms in total. The van der Waals surface area contributed by atoms with Gasteiger partial charge >= 0.3 is 5.97 Å². The number of aliphatic hydroxyl groups is 1. The summed E-state index contributed by atoms with van der Waals surface area (Å²) >= 11 is 0. The van der Waals surface area contributed by atoms with Gasteiger partial charge in [0, 0.05) is 11.6 Å². The number of nitrogens with one attached hydrogen (secondary N) is 1. The topological polar surface area (TPSA) is 113 Å². The number of rotatable bonds is 8. The fourth-order valence-corrected chi connectivity index (χ4v) is 3.99. The van der Waals surface area contributed by atoms with Gasteiger partial charge < -0.3 is 26.1 Å². The summed E-state index contributed by atoms with van der Waals surface area (Å²) in [4.78, 5) is 22.3. The van der Waals surface area contributed by atoms with Crippen LogP contribution in [0, 0.1) is 17.3 Å². The Kier molecular flexibility index (Phi) is 6.96. The first-order valence-corrected chi connectivity index (χ1v) is 8.78. The van der Waals surface area contributed by atoms with Crippen LogP contribution in [0.1, 0.15) is 60.3 Å². The molecule has 1 aliphatic carbocycles. The van der Waals surface area contributed by atoms with Crippen molar-refractivity contribution in [3.05, 3.63) is 0 Å². The lowest BCUT2D eigenvalue weighted by Gasteiger charge is -2.43. The van der Waals surface area contributed by atoms with Gasteiger partial charge in [0.1, 0.15) is 6.29 Å². The maximum Gasteiger partial charge on any atom is 0.305 e. The predicted octanol–water partition coefficient (Wildman–Crippen LogP) is 1.55. The van der Waals surface area contributed by atoms with Crippen LogP contribution in [-0.4, -0.2) is 46.2 Å². The summed E-state index contributed by atoms with van der Waals surface area (Å²) in [5.74, 6) is -0.512. The van der Waals surface area contributed by atoms with Crippen molar-refractivity contribution in [1.29, 1.82) is 0 Å². The van der Waals surface area contributed by atoms with E-state index in [4.69, 9.17) is 10.8 Å². The number of carbonyl (C=O) groups is 2. The third kappa shape index (κ3) is 5.53. The monoisotopic (exact) mass is 342 g/mol. The van der Waals surface area contributed by atoms with Gasteiger partial charge in [-0.3, -0.25) is 4.79 Å². The first-order valence-electron chi connectivity index (χ1n) is 8.78. The minimum atomic E-state index is -1.04. The molecule has 140 valence electrons. The van der Waals surface area contributed by atoms with Crippen molar-refractivity contribution < 1.29 is 19.8 Å². The van der Waals surface area contributed by atoms with Crippen molar-refractivity contribution >= 4 is 12.3 Å². The molecule has 0 aliphatic heterocycles. The van der Waals surface area contributed by atoms with E-state index < -0.39 is 29.7 Å². The second kappa shape index (κ2) is 7.93. The van der Waals surface area contributed by atoms with E-state index in [1.165, 1.54) is 0 Å². The Labute approximate surface area is 145 Å². The highest BCUT2D eigenvalue weighted by Gasteiger charge is 2.45. The summed E-state index contributed by atoms with van der Waals surface area (Å²) < 4.78 is 0. The number of carboxylic acids is 1. The summed E-state index contributed by atoms with van der Waals surface area (Å²) in [6, 6.07) is -1.24. The van der Waals surface area contributed by atoms with E-state index in [2.05, 4.69) is 26.1 Å². The first kappa shape index (κ1) is 21.1. The maximum atomic E-state index is 11.3. The number of carbonyl (C=O) groups excluding carboxylic acids is 1. The molecular formula is C18H34N2O4. The minimum absolute atomic E-state index is 0.0725. The molecule has 1 aliphatic rings. The van der Waals surface area contributed by atoms with Gasteiger partial charge in [-0.1, -0.05) is 27.2 Å².